The summed E-state index contributed by atoms with van der Waals surface area (Å²) in [5, 5.41) is 0.502. The van der Waals surface area contributed by atoms with Gasteiger partial charge < -0.3 is 4.74 Å². The van der Waals surface area contributed by atoms with Gasteiger partial charge >= 0.3 is 5.97 Å². The van der Waals surface area contributed by atoms with Crippen LogP contribution in [0.25, 0.3) is 0 Å². The van der Waals surface area contributed by atoms with Crippen molar-refractivity contribution < 1.29 is 9.53 Å². The van der Waals surface area contributed by atoms with Gasteiger partial charge in [0.2, 0.25) is 0 Å². The van der Waals surface area contributed by atoms with Crippen molar-refractivity contribution in [1.82, 2.24) is 0 Å². The summed E-state index contributed by atoms with van der Waals surface area (Å²) in [5.74, 6) is -0.0862. The van der Waals surface area contributed by atoms with Crippen molar-refractivity contribution in [3.8, 4) is 0 Å². The van der Waals surface area contributed by atoms with Crippen LogP contribution in [0, 0.1) is 0 Å². The fraction of sp³-hybridized carbons (Fsp3) is 0.842. The smallest absolute Gasteiger partial charge is 0.305 e. The molecule has 1 atom stereocenters. The Morgan fingerprint density at radius 2 is 1.68 bits per heavy atom. The Kier molecular flexibility index (Phi) is 16.6. The summed E-state index contributed by atoms with van der Waals surface area (Å²) in [5.41, 5.74) is 0. The van der Waals surface area contributed by atoms with Crippen molar-refractivity contribution in [3.05, 3.63) is 12.2 Å². The SMILES string of the molecule is CCCCCCC=CCC(S)CCCCCCCC(=O)OC. The Morgan fingerprint density at radius 3 is 2.41 bits per heavy atom. The van der Waals surface area contributed by atoms with Gasteiger partial charge in [-0.05, 0) is 32.1 Å². The number of thiol groups is 1. The van der Waals surface area contributed by atoms with Crippen molar-refractivity contribution in [2.45, 2.75) is 95.6 Å². The first-order valence-electron chi connectivity index (χ1n) is 9.10. The number of esters is 1. The van der Waals surface area contributed by atoms with Crippen LogP contribution in [0.2, 0.25) is 0 Å². The molecular weight excluding hydrogens is 292 g/mol. The highest BCUT2D eigenvalue weighted by Gasteiger charge is 2.02. The van der Waals surface area contributed by atoms with Gasteiger partial charge in [-0.25, -0.2) is 0 Å². The molecule has 0 saturated heterocycles. The van der Waals surface area contributed by atoms with E-state index in [0.717, 1.165) is 19.3 Å². The first-order chi connectivity index (χ1) is 10.7. The lowest BCUT2D eigenvalue weighted by molar-refractivity contribution is -0.140. The number of hydrogen-bond donors (Lipinski definition) is 1. The summed E-state index contributed by atoms with van der Waals surface area (Å²) in [7, 11) is 1.45. The van der Waals surface area contributed by atoms with Crippen molar-refractivity contribution in [2.24, 2.45) is 0 Å². The molecule has 0 aromatic carbocycles. The number of unbranched alkanes of at least 4 members (excludes halogenated alkanes) is 8. The van der Waals surface area contributed by atoms with E-state index in [1.807, 2.05) is 0 Å². The van der Waals surface area contributed by atoms with E-state index in [9.17, 15) is 4.79 Å². The number of carbonyl (C=O) groups excluding carboxylic acids is 1. The molecule has 3 heteroatoms. The van der Waals surface area contributed by atoms with E-state index in [4.69, 9.17) is 0 Å². The summed E-state index contributed by atoms with van der Waals surface area (Å²) < 4.78 is 4.63. The number of hydrogen-bond acceptors (Lipinski definition) is 3. The number of allylic oxidation sites excluding steroid dienone is 2. The quantitative estimate of drug-likeness (QED) is 0.170. The third kappa shape index (κ3) is 15.9. The molecule has 0 saturated carbocycles. The fourth-order valence-corrected chi connectivity index (χ4v) is 2.76. The molecular formula is C19H36O2S. The summed E-state index contributed by atoms with van der Waals surface area (Å²) in [6.07, 6.45) is 19.9. The van der Waals surface area contributed by atoms with Gasteiger partial charge in [0.25, 0.3) is 0 Å². The van der Waals surface area contributed by atoms with Gasteiger partial charge in [-0.2, -0.15) is 12.6 Å². The van der Waals surface area contributed by atoms with E-state index in [2.05, 4.69) is 36.4 Å². The van der Waals surface area contributed by atoms with Gasteiger partial charge in [0.15, 0.2) is 0 Å². The van der Waals surface area contributed by atoms with Gasteiger partial charge in [-0.15, -0.1) is 0 Å². The van der Waals surface area contributed by atoms with Crippen molar-refractivity contribution >= 4 is 18.6 Å². The molecule has 0 aliphatic rings. The topological polar surface area (TPSA) is 26.3 Å². The second-order valence-electron chi connectivity index (χ2n) is 6.09. The molecule has 0 rings (SSSR count). The summed E-state index contributed by atoms with van der Waals surface area (Å²) >= 11 is 4.66. The number of rotatable bonds is 15. The number of ether oxygens (including phenoxy) is 1. The molecule has 0 aliphatic carbocycles. The van der Waals surface area contributed by atoms with E-state index in [1.165, 1.54) is 64.9 Å². The Morgan fingerprint density at radius 1 is 1.00 bits per heavy atom. The number of carbonyl (C=O) groups is 1. The standard InChI is InChI=1S/C19H36O2S/c1-3-4-5-6-7-9-12-15-18(22)16-13-10-8-11-14-17-19(20)21-2/h9,12,18,22H,3-8,10-11,13-17H2,1-2H3. The maximum absolute atomic E-state index is 10.9. The van der Waals surface area contributed by atoms with Gasteiger partial charge in [0.1, 0.15) is 0 Å². The van der Waals surface area contributed by atoms with Gasteiger partial charge in [0.05, 0.1) is 7.11 Å². The summed E-state index contributed by atoms with van der Waals surface area (Å²) in [4.78, 5) is 10.9. The van der Waals surface area contributed by atoms with Gasteiger partial charge in [-0.1, -0.05) is 64.0 Å². The molecule has 1 unspecified atom stereocenters. The van der Waals surface area contributed by atoms with Crippen molar-refractivity contribution in [3.63, 3.8) is 0 Å². The predicted octanol–water partition coefficient (Wildman–Crippen LogP) is 6.11. The molecule has 22 heavy (non-hydrogen) atoms. The Hall–Kier alpha value is -0.440. The maximum atomic E-state index is 10.9. The lowest BCUT2D eigenvalue weighted by Crippen LogP contribution is -1.99. The second kappa shape index (κ2) is 16.9. The minimum absolute atomic E-state index is 0.0862. The fourth-order valence-electron chi connectivity index (χ4n) is 2.46. The molecule has 0 fully saturated rings. The average Bonchev–Trinajstić information content (AvgIpc) is 2.52. The minimum Gasteiger partial charge on any atom is -0.469 e. The minimum atomic E-state index is -0.0862. The molecule has 0 bridgehead atoms. The van der Waals surface area contributed by atoms with Crippen LogP contribution in [0.4, 0.5) is 0 Å². The predicted molar refractivity (Wildman–Crippen MR) is 99.6 cm³/mol. The molecule has 0 N–H and O–H groups in total. The first kappa shape index (κ1) is 21.6. The molecule has 0 aromatic rings. The largest absolute Gasteiger partial charge is 0.469 e. The molecule has 0 spiro atoms. The Balaban J connectivity index is 3.30. The van der Waals surface area contributed by atoms with Crippen LogP contribution in [-0.4, -0.2) is 18.3 Å². The number of methoxy groups -OCH3 is 1. The van der Waals surface area contributed by atoms with E-state index in [1.54, 1.807) is 0 Å². The highest BCUT2D eigenvalue weighted by molar-refractivity contribution is 7.80. The third-order valence-corrected chi connectivity index (χ3v) is 4.41. The van der Waals surface area contributed by atoms with Crippen LogP contribution in [0.3, 0.4) is 0 Å². The Labute approximate surface area is 143 Å². The first-order valence-corrected chi connectivity index (χ1v) is 9.62. The third-order valence-electron chi connectivity index (χ3n) is 3.95. The van der Waals surface area contributed by atoms with Crippen LogP contribution in [-0.2, 0) is 9.53 Å². The van der Waals surface area contributed by atoms with E-state index >= 15 is 0 Å². The monoisotopic (exact) mass is 328 g/mol. The zero-order valence-corrected chi connectivity index (χ0v) is 15.6. The molecule has 0 radical (unpaired) electrons. The molecule has 0 amide bonds. The van der Waals surface area contributed by atoms with Crippen LogP contribution in [0.1, 0.15) is 90.4 Å². The maximum Gasteiger partial charge on any atom is 0.305 e. The summed E-state index contributed by atoms with van der Waals surface area (Å²) in [6, 6.07) is 0. The Bertz CT molecular complexity index is 277. The van der Waals surface area contributed by atoms with Crippen LogP contribution in [0.5, 0.6) is 0 Å². The highest BCUT2D eigenvalue weighted by atomic mass is 32.1. The summed E-state index contributed by atoms with van der Waals surface area (Å²) in [6.45, 7) is 2.25. The molecule has 0 aliphatic heterocycles. The normalized spacial score (nSPS) is 12.7. The zero-order chi connectivity index (χ0) is 16.5. The average molecular weight is 329 g/mol. The van der Waals surface area contributed by atoms with E-state index in [0.29, 0.717) is 11.7 Å². The van der Waals surface area contributed by atoms with Gasteiger partial charge in [-0.3, -0.25) is 4.79 Å². The highest BCUT2D eigenvalue weighted by Crippen LogP contribution is 2.15. The van der Waals surface area contributed by atoms with Gasteiger partial charge in [0, 0.05) is 11.7 Å². The van der Waals surface area contributed by atoms with E-state index in [-0.39, 0.29) is 5.97 Å². The lowest BCUT2D eigenvalue weighted by atomic mass is 10.1. The second-order valence-corrected chi connectivity index (χ2v) is 6.82. The lowest BCUT2D eigenvalue weighted by Gasteiger charge is -2.07. The van der Waals surface area contributed by atoms with Crippen LogP contribution in [0.15, 0.2) is 12.2 Å². The molecule has 0 aromatic heterocycles. The van der Waals surface area contributed by atoms with E-state index < -0.39 is 0 Å². The molecule has 2 nitrogen and oxygen atoms in total. The molecule has 0 heterocycles. The molecule has 130 valence electrons. The van der Waals surface area contributed by atoms with Crippen LogP contribution >= 0.6 is 12.6 Å². The van der Waals surface area contributed by atoms with Crippen molar-refractivity contribution in [2.75, 3.05) is 7.11 Å². The van der Waals surface area contributed by atoms with Crippen molar-refractivity contribution in [1.29, 1.82) is 0 Å². The van der Waals surface area contributed by atoms with Crippen LogP contribution < -0.4 is 0 Å². The zero-order valence-electron chi connectivity index (χ0n) is 14.7.